The number of ketones is 2. The Morgan fingerprint density at radius 2 is 1.50 bits per heavy atom. The molecule has 5 nitrogen and oxygen atoms in total. The Labute approximate surface area is 152 Å². The van der Waals surface area contributed by atoms with Gasteiger partial charge in [-0.15, -0.1) is 0 Å². The van der Waals surface area contributed by atoms with Crippen molar-refractivity contribution in [1.29, 1.82) is 0 Å². The quantitative estimate of drug-likeness (QED) is 0.900. The van der Waals surface area contributed by atoms with Crippen molar-refractivity contribution >= 4 is 11.6 Å². The molecule has 1 aliphatic heterocycles. The van der Waals surface area contributed by atoms with E-state index in [1.54, 1.807) is 0 Å². The predicted molar refractivity (Wildman–Crippen MR) is 99.3 cm³/mol. The van der Waals surface area contributed by atoms with E-state index in [4.69, 9.17) is 4.52 Å². The number of aromatic nitrogens is 1. The second-order valence-electron chi connectivity index (χ2n) is 6.73. The van der Waals surface area contributed by atoms with Crippen LogP contribution < -0.4 is 5.32 Å². The van der Waals surface area contributed by atoms with E-state index in [-0.39, 0.29) is 11.6 Å². The van der Waals surface area contributed by atoms with Crippen LogP contribution in [0.2, 0.25) is 0 Å². The van der Waals surface area contributed by atoms with E-state index < -0.39 is 5.92 Å². The number of nitrogens with one attached hydrogen (secondary N) is 1. The standard InChI is InChI=1S/C21H22N2O3/c1-11-6-8-16(9-7-11)18-10-17(23-26-18)21-19(14(4)24)12(2)22-13(3)20(21)15(5)25/h6-10,21-22H,1-5H3. The van der Waals surface area contributed by atoms with Gasteiger partial charge in [0.25, 0.3) is 0 Å². The molecule has 0 saturated heterocycles. The van der Waals surface area contributed by atoms with Crippen molar-refractivity contribution < 1.29 is 14.1 Å². The molecule has 0 spiro atoms. The topological polar surface area (TPSA) is 72.2 Å². The number of benzene rings is 1. The number of Topliss-reactive ketones (excluding diaryl/α,β-unsaturated/α-hetero) is 2. The van der Waals surface area contributed by atoms with Gasteiger partial charge in [0, 0.05) is 34.2 Å². The minimum absolute atomic E-state index is 0.0915. The molecule has 0 unspecified atom stereocenters. The smallest absolute Gasteiger partial charge is 0.167 e. The van der Waals surface area contributed by atoms with Gasteiger partial charge in [-0.25, -0.2) is 0 Å². The molecular formula is C21H22N2O3. The van der Waals surface area contributed by atoms with E-state index in [0.717, 1.165) is 22.5 Å². The van der Waals surface area contributed by atoms with E-state index >= 15 is 0 Å². The van der Waals surface area contributed by atoms with Gasteiger partial charge in [-0.2, -0.15) is 0 Å². The lowest BCUT2D eigenvalue weighted by molar-refractivity contribution is -0.114. The summed E-state index contributed by atoms with van der Waals surface area (Å²) in [6.45, 7) is 8.71. The van der Waals surface area contributed by atoms with E-state index in [0.29, 0.717) is 22.6 Å². The second-order valence-corrected chi connectivity index (χ2v) is 6.73. The third-order valence-electron chi connectivity index (χ3n) is 4.68. The summed E-state index contributed by atoms with van der Waals surface area (Å²) in [6.07, 6.45) is 0. The fourth-order valence-corrected chi connectivity index (χ4v) is 3.50. The molecule has 2 heterocycles. The van der Waals surface area contributed by atoms with Gasteiger partial charge in [0.15, 0.2) is 17.3 Å². The van der Waals surface area contributed by atoms with Crippen molar-refractivity contribution in [1.82, 2.24) is 10.5 Å². The summed E-state index contributed by atoms with van der Waals surface area (Å²) in [7, 11) is 0. The summed E-state index contributed by atoms with van der Waals surface area (Å²) in [5.41, 5.74) is 5.19. The van der Waals surface area contributed by atoms with Gasteiger partial charge in [0.05, 0.1) is 11.6 Å². The van der Waals surface area contributed by atoms with Crippen LogP contribution in [-0.2, 0) is 9.59 Å². The Morgan fingerprint density at radius 1 is 0.962 bits per heavy atom. The van der Waals surface area contributed by atoms with Gasteiger partial charge in [-0.05, 0) is 34.6 Å². The lowest BCUT2D eigenvalue weighted by Crippen LogP contribution is -2.29. The zero-order valence-corrected chi connectivity index (χ0v) is 15.6. The van der Waals surface area contributed by atoms with Crippen molar-refractivity contribution in [2.75, 3.05) is 0 Å². The summed E-state index contributed by atoms with van der Waals surface area (Å²) in [4.78, 5) is 24.6. The molecule has 134 valence electrons. The maximum Gasteiger partial charge on any atom is 0.167 e. The van der Waals surface area contributed by atoms with E-state index in [9.17, 15) is 9.59 Å². The van der Waals surface area contributed by atoms with Crippen molar-refractivity contribution in [2.24, 2.45) is 0 Å². The molecule has 0 atom stereocenters. The third-order valence-corrected chi connectivity index (χ3v) is 4.68. The van der Waals surface area contributed by atoms with Gasteiger partial charge in [-0.3, -0.25) is 9.59 Å². The maximum atomic E-state index is 12.3. The van der Waals surface area contributed by atoms with Crippen LogP contribution in [0.4, 0.5) is 0 Å². The highest BCUT2D eigenvalue weighted by atomic mass is 16.5. The molecule has 1 aliphatic rings. The molecule has 1 aromatic heterocycles. The highest BCUT2D eigenvalue weighted by Crippen LogP contribution is 2.39. The number of dihydropyridines is 1. The lowest BCUT2D eigenvalue weighted by Gasteiger charge is -2.28. The van der Waals surface area contributed by atoms with E-state index in [2.05, 4.69) is 10.5 Å². The summed E-state index contributed by atoms with van der Waals surface area (Å²) in [5, 5.41) is 7.34. The van der Waals surface area contributed by atoms with Gasteiger partial charge in [0.1, 0.15) is 0 Å². The highest BCUT2D eigenvalue weighted by molar-refractivity contribution is 6.03. The van der Waals surface area contributed by atoms with Crippen LogP contribution in [0, 0.1) is 6.92 Å². The van der Waals surface area contributed by atoms with Crippen molar-refractivity contribution in [3.63, 3.8) is 0 Å². The molecule has 0 bridgehead atoms. The highest BCUT2D eigenvalue weighted by Gasteiger charge is 2.35. The first-order valence-corrected chi connectivity index (χ1v) is 8.53. The molecule has 0 amide bonds. The number of aryl methyl sites for hydroxylation is 1. The van der Waals surface area contributed by atoms with Crippen LogP contribution >= 0.6 is 0 Å². The number of nitrogens with zero attached hydrogens (tertiary/aromatic N) is 1. The first kappa shape index (κ1) is 17.9. The van der Waals surface area contributed by atoms with Crippen molar-refractivity contribution in [3.05, 3.63) is 64.1 Å². The molecule has 1 N–H and O–H groups in total. The minimum atomic E-state index is -0.519. The Balaban J connectivity index is 2.12. The average Bonchev–Trinajstić information content (AvgIpc) is 3.03. The van der Waals surface area contributed by atoms with E-state index in [1.807, 2.05) is 51.1 Å². The summed E-state index contributed by atoms with van der Waals surface area (Å²) >= 11 is 0. The molecule has 0 saturated carbocycles. The summed E-state index contributed by atoms with van der Waals surface area (Å²) in [6, 6.07) is 9.73. The average molecular weight is 350 g/mol. The van der Waals surface area contributed by atoms with Gasteiger partial charge >= 0.3 is 0 Å². The number of rotatable bonds is 4. The Bertz CT molecular complexity index is 910. The fraction of sp³-hybridized carbons (Fsp3) is 0.286. The number of hydrogen-bond acceptors (Lipinski definition) is 5. The zero-order chi connectivity index (χ0) is 19.0. The van der Waals surface area contributed by atoms with Gasteiger partial charge in [-0.1, -0.05) is 35.0 Å². The molecule has 3 rings (SSSR count). The molecule has 0 radical (unpaired) electrons. The predicted octanol–water partition coefficient (Wildman–Crippen LogP) is 4.06. The Hall–Kier alpha value is -2.95. The van der Waals surface area contributed by atoms with Gasteiger partial charge in [0.2, 0.25) is 0 Å². The molecule has 26 heavy (non-hydrogen) atoms. The molecule has 2 aromatic rings. The van der Waals surface area contributed by atoms with Crippen LogP contribution in [0.3, 0.4) is 0 Å². The number of hydrogen-bond donors (Lipinski definition) is 1. The first-order chi connectivity index (χ1) is 12.3. The van der Waals surface area contributed by atoms with Crippen LogP contribution in [0.1, 0.15) is 44.9 Å². The minimum Gasteiger partial charge on any atom is -0.362 e. The van der Waals surface area contributed by atoms with Crippen LogP contribution in [0.25, 0.3) is 11.3 Å². The SMILES string of the molecule is CC(=O)C1=C(C)NC(C)=C(C(C)=O)C1c1cc(-c2ccc(C)cc2)on1. The summed E-state index contributed by atoms with van der Waals surface area (Å²) in [5.74, 6) is -0.0916. The first-order valence-electron chi connectivity index (χ1n) is 8.53. The molecular weight excluding hydrogens is 328 g/mol. The maximum absolute atomic E-state index is 12.3. The summed E-state index contributed by atoms with van der Waals surface area (Å²) < 4.78 is 5.53. The van der Waals surface area contributed by atoms with Crippen LogP contribution in [0.5, 0.6) is 0 Å². The number of carbonyl (C=O) groups is 2. The Kier molecular flexibility index (Phi) is 4.64. The monoisotopic (exact) mass is 350 g/mol. The molecule has 0 aliphatic carbocycles. The lowest BCUT2D eigenvalue weighted by atomic mass is 9.80. The molecule has 1 aromatic carbocycles. The molecule has 0 fully saturated rings. The number of allylic oxidation sites excluding steroid dienone is 4. The normalized spacial score (nSPS) is 15.3. The molecule has 5 heteroatoms. The fourth-order valence-electron chi connectivity index (χ4n) is 3.50. The second kappa shape index (κ2) is 6.75. The largest absolute Gasteiger partial charge is 0.362 e. The number of carbonyl (C=O) groups excluding carboxylic acids is 2. The van der Waals surface area contributed by atoms with Crippen LogP contribution in [-0.4, -0.2) is 16.7 Å². The van der Waals surface area contributed by atoms with Crippen molar-refractivity contribution in [3.8, 4) is 11.3 Å². The Morgan fingerprint density at radius 3 is 2.00 bits per heavy atom. The van der Waals surface area contributed by atoms with Crippen molar-refractivity contribution in [2.45, 2.75) is 40.5 Å². The van der Waals surface area contributed by atoms with Gasteiger partial charge < -0.3 is 9.84 Å². The third kappa shape index (κ3) is 3.12. The van der Waals surface area contributed by atoms with E-state index in [1.165, 1.54) is 13.8 Å². The van der Waals surface area contributed by atoms with Crippen LogP contribution in [0.15, 0.2) is 57.4 Å². The zero-order valence-electron chi connectivity index (χ0n) is 15.6.